The zero-order valence-corrected chi connectivity index (χ0v) is 48.3. The summed E-state index contributed by atoms with van der Waals surface area (Å²) in [5, 5.41) is 0. The molecule has 0 N–H and O–H groups in total. The van der Waals surface area contributed by atoms with Crippen molar-refractivity contribution < 1.29 is 28.6 Å². The molecule has 0 aromatic rings. The average Bonchev–Trinajstić information content (AvgIpc) is 3.40. The fourth-order valence-corrected chi connectivity index (χ4v) is 8.43. The molecule has 0 aliphatic rings. The fraction of sp³-hybridized carbons (Fsp3) is 0.691. The van der Waals surface area contributed by atoms with Crippen molar-refractivity contribution in [1.82, 2.24) is 0 Å². The van der Waals surface area contributed by atoms with Gasteiger partial charge in [-0.05, 0) is 116 Å². The van der Waals surface area contributed by atoms with Crippen molar-refractivity contribution in [1.29, 1.82) is 0 Å². The lowest BCUT2D eigenvalue weighted by molar-refractivity contribution is -0.167. The summed E-state index contributed by atoms with van der Waals surface area (Å²) in [5.74, 6) is -0.900. The van der Waals surface area contributed by atoms with Crippen LogP contribution in [0.1, 0.15) is 284 Å². The molecule has 1 unspecified atom stereocenters. The van der Waals surface area contributed by atoms with Gasteiger partial charge in [-0.2, -0.15) is 0 Å². The van der Waals surface area contributed by atoms with Crippen LogP contribution in [0.4, 0.5) is 0 Å². The quantitative estimate of drug-likeness (QED) is 0.0261. The van der Waals surface area contributed by atoms with Crippen LogP contribution in [0.5, 0.6) is 0 Å². The van der Waals surface area contributed by atoms with E-state index in [0.29, 0.717) is 19.3 Å². The van der Waals surface area contributed by atoms with Gasteiger partial charge in [-0.15, -0.1) is 0 Å². The molecule has 0 saturated heterocycles. The Bertz CT molecular complexity index is 1510. The minimum atomic E-state index is -0.787. The first-order valence-electron chi connectivity index (χ1n) is 30.9. The molecule has 0 bridgehead atoms. The maximum absolute atomic E-state index is 12.9. The van der Waals surface area contributed by atoms with E-state index in [2.05, 4.69) is 130 Å². The first-order valence-corrected chi connectivity index (χ1v) is 30.9. The Labute approximate surface area is 457 Å². The van der Waals surface area contributed by atoms with Crippen LogP contribution in [0.25, 0.3) is 0 Å². The molecule has 74 heavy (non-hydrogen) atoms. The molecule has 0 saturated carbocycles. The van der Waals surface area contributed by atoms with Crippen molar-refractivity contribution in [2.75, 3.05) is 13.2 Å². The van der Waals surface area contributed by atoms with Crippen molar-refractivity contribution in [3.8, 4) is 0 Å². The maximum atomic E-state index is 12.9. The Morgan fingerprint density at radius 2 is 0.527 bits per heavy atom. The van der Waals surface area contributed by atoms with Crippen molar-refractivity contribution in [3.63, 3.8) is 0 Å². The van der Waals surface area contributed by atoms with Gasteiger partial charge in [0.1, 0.15) is 13.2 Å². The highest BCUT2D eigenvalue weighted by molar-refractivity contribution is 5.71. The second kappa shape index (κ2) is 61.6. The SMILES string of the molecule is CC/C=C\C/C=C\C/C=C\C/C=C\CCCCCCCCCCCCC(=O)OCC(COC(=O)CCCCCCC/C=C\CCC)OC(=O)CCCCCCCCCCCC/C=C\C/C=C\C/C=C\C/C=C\CC. The predicted octanol–water partition coefficient (Wildman–Crippen LogP) is 21.0. The number of hydrogen-bond donors (Lipinski definition) is 0. The van der Waals surface area contributed by atoms with E-state index in [4.69, 9.17) is 14.2 Å². The molecule has 0 aromatic heterocycles. The lowest BCUT2D eigenvalue weighted by Crippen LogP contribution is -2.30. The molecule has 422 valence electrons. The molecule has 0 radical (unpaired) electrons. The minimum Gasteiger partial charge on any atom is -0.462 e. The summed E-state index contributed by atoms with van der Waals surface area (Å²) in [6.07, 6.45) is 83.8. The van der Waals surface area contributed by atoms with Crippen molar-refractivity contribution in [2.24, 2.45) is 0 Å². The van der Waals surface area contributed by atoms with Gasteiger partial charge >= 0.3 is 17.9 Å². The Hall–Kier alpha value is -3.93. The first kappa shape index (κ1) is 70.1. The molecule has 0 heterocycles. The summed E-state index contributed by atoms with van der Waals surface area (Å²) in [4.78, 5) is 38.2. The van der Waals surface area contributed by atoms with Crippen LogP contribution in [-0.2, 0) is 28.6 Å². The molecule has 1 atom stereocenters. The van der Waals surface area contributed by atoms with E-state index < -0.39 is 6.10 Å². The third-order valence-corrected chi connectivity index (χ3v) is 13.0. The summed E-state index contributed by atoms with van der Waals surface area (Å²) >= 11 is 0. The topological polar surface area (TPSA) is 78.9 Å². The summed E-state index contributed by atoms with van der Waals surface area (Å²) in [7, 11) is 0. The van der Waals surface area contributed by atoms with Crippen LogP contribution in [0.2, 0.25) is 0 Å². The summed E-state index contributed by atoms with van der Waals surface area (Å²) in [6.45, 7) is 6.35. The molecule has 0 aromatic carbocycles. The maximum Gasteiger partial charge on any atom is 0.306 e. The van der Waals surface area contributed by atoms with E-state index in [1.54, 1.807) is 0 Å². The van der Waals surface area contributed by atoms with Crippen LogP contribution >= 0.6 is 0 Å². The Balaban J connectivity index is 4.28. The number of unbranched alkanes of at least 4 members (excludes halogenated alkanes) is 26. The number of allylic oxidation sites excluding steroid dienone is 18. The minimum absolute atomic E-state index is 0.0849. The highest BCUT2D eigenvalue weighted by Crippen LogP contribution is 2.16. The normalized spacial score (nSPS) is 12.9. The van der Waals surface area contributed by atoms with Crippen molar-refractivity contribution >= 4 is 17.9 Å². The third-order valence-electron chi connectivity index (χ3n) is 13.0. The number of esters is 3. The number of carbonyl (C=O) groups excluding carboxylic acids is 3. The van der Waals surface area contributed by atoms with E-state index in [9.17, 15) is 14.4 Å². The highest BCUT2D eigenvalue weighted by atomic mass is 16.6. The lowest BCUT2D eigenvalue weighted by Gasteiger charge is -2.18. The van der Waals surface area contributed by atoms with Gasteiger partial charge in [-0.1, -0.05) is 259 Å². The van der Waals surface area contributed by atoms with Gasteiger partial charge in [-0.3, -0.25) is 14.4 Å². The summed E-state index contributed by atoms with van der Waals surface area (Å²) in [6, 6.07) is 0. The molecule has 0 spiro atoms. The average molecular weight is 1030 g/mol. The smallest absolute Gasteiger partial charge is 0.306 e. The van der Waals surface area contributed by atoms with Crippen molar-refractivity contribution in [3.05, 3.63) is 109 Å². The van der Waals surface area contributed by atoms with Gasteiger partial charge in [0.2, 0.25) is 0 Å². The third kappa shape index (κ3) is 59.0. The van der Waals surface area contributed by atoms with E-state index in [1.807, 2.05) is 0 Å². The number of rotatable bonds is 55. The molecule has 0 fully saturated rings. The molecular formula is C68H114O6. The molecule has 0 aliphatic carbocycles. The van der Waals surface area contributed by atoms with Crippen LogP contribution in [0.15, 0.2) is 109 Å². The fourth-order valence-electron chi connectivity index (χ4n) is 8.43. The summed E-state index contributed by atoms with van der Waals surface area (Å²) in [5.41, 5.74) is 0. The second-order valence-electron chi connectivity index (χ2n) is 20.2. The zero-order chi connectivity index (χ0) is 53.6. The first-order chi connectivity index (χ1) is 36.5. The number of ether oxygens (including phenoxy) is 3. The van der Waals surface area contributed by atoms with E-state index in [0.717, 1.165) is 122 Å². The zero-order valence-electron chi connectivity index (χ0n) is 48.3. The molecule has 0 amide bonds. The molecule has 6 nitrogen and oxygen atoms in total. The van der Waals surface area contributed by atoms with Gasteiger partial charge < -0.3 is 14.2 Å². The molecular weight excluding hydrogens is 913 g/mol. The van der Waals surface area contributed by atoms with Crippen LogP contribution < -0.4 is 0 Å². The van der Waals surface area contributed by atoms with Gasteiger partial charge in [0, 0.05) is 19.3 Å². The van der Waals surface area contributed by atoms with Gasteiger partial charge in [-0.25, -0.2) is 0 Å². The predicted molar refractivity (Wildman–Crippen MR) is 320 cm³/mol. The van der Waals surface area contributed by atoms with E-state index in [-0.39, 0.29) is 31.1 Å². The lowest BCUT2D eigenvalue weighted by atomic mass is 10.0. The van der Waals surface area contributed by atoms with Gasteiger partial charge in [0.05, 0.1) is 0 Å². The van der Waals surface area contributed by atoms with Crippen LogP contribution in [0, 0.1) is 0 Å². The standard InChI is InChI=1S/C68H114O6/c1-4-7-10-13-16-19-22-24-26-28-30-32-34-36-38-40-42-44-46-49-52-55-58-61-67(70)73-64-65(63-72-66(69)60-57-54-51-48-21-18-15-12-9-6-3)74-68(71)62-59-56-53-50-47-45-43-41-39-37-35-33-31-29-27-25-23-20-17-14-11-8-5-2/h7-8,10-12,15-17,19-20,24-27,30-33,65H,4-6,9,13-14,18,21-23,28-29,34-64H2,1-3H3/b10-7-,11-8-,15-12-,19-16-,20-17-,26-24-,27-25-,32-30-,33-31-. The number of carbonyl (C=O) groups is 3. The van der Waals surface area contributed by atoms with Gasteiger partial charge in [0.25, 0.3) is 0 Å². The second-order valence-corrected chi connectivity index (χ2v) is 20.2. The number of hydrogen-bond acceptors (Lipinski definition) is 6. The van der Waals surface area contributed by atoms with E-state index >= 15 is 0 Å². The van der Waals surface area contributed by atoms with E-state index in [1.165, 1.54) is 122 Å². The Kier molecular flexibility index (Phi) is 58.3. The molecule has 0 aliphatic heterocycles. The molecule has 6 heteroatoms. The van der Waals surface area contributed by atoms with Crippen molar-refractivity contribution in [2.45, 2.75) is 290 Å². The highest BCUT2D eigenvalue weighted by Gasteiger charge is 2.19. The Morgan fingerprint density at radius 3 is 0.838 bits per heavy atom. The van der Waals surface area contributed by atoms with Crippen LogP contribution in [-0.4, -0.2) is 37.2 Å². The monoisotopic (exact) mass is 1030 g/mol. The molecule has 0 rings (SSSR count). The summed E-state index contributed by atoms with van der Waals surface area (Å²) < 4.78 is 16.9. The Morgan fingerprint density at radius 1 is 0.284 bits per heavy atom. The van der Waals surface area contributed by atoms with Crippen LogP contribution in [0.3, 0.4) is 0 Å². The largest absolute Gasteiger partial charge is 0.462 e. The van der Waals surface area contributed by atoms with Gasteiger partial charge in [0.15, 0.2) is 6.10 Å².